The van der Waals surface area contributed by atoms with Gasteiger partial charge < -0.3 is 5.11 Å². The molecule has 0 amide bonds. The molecule has 0 radical (unpaired) electrons. The molecule has 0 fully saturated rings. The van der Waals surface area contributed by atoms with Crippen molar-refractivity contribution in [2.45, 2.75) is 6.10 Å². The van der Waals surface area contributed by atoms with Crippen molar-refractivity contribution in [3.05, 3.63) is 76.0 Å². The highest BCUT2D eigenvalue weighted by Crippen LogP contribution is 2.33. The molecule has 1 aromatic heterocycles. The number of aromatic nitrogens is 1. The van der Waals surface area contributed by atoms with Crippen LogP contribution in [0.25, 0.3) is 10.8 Å². The topological polar surface area (TPSA) is 33.1 Å². The summed E-state index contributed by atoms with van der Waals surface area (Å²) in [5, 5.41) is 13.5. The Morgan fingerprint density at radius 3 is 2.65 bits per heavy atom. The van der Waals surface area contributed by atoms with Gasteiger partial charge in [0.2, 0.25) is 0 Å². The molecule has 0 saturated carbocycles. The van der Waals surface area contributed by atoms with Crippen LogP contribution in [0.15, 0.2) is 54.9 Å². The summed E-state index contributed by atoms with van der Waals surface area (Å²) >= 11 is 12.1. The van der Waals surface area contributed by atoms with Crippen LogP contribution in [0.5, 0.6) is 0 Å². The Morgan fingerprint density at radius 2 is 1.85 bits per heavy atom. The van der Waals surface area contributed by atoms with Gasteiger partial charge >= 0.3 is 0 Å². The third-order valence-corrected chi connectivity index (χ3v) is 3.83. The van der Waals surface area contributed by atoms with Crippen LogP contribution in [0, 0.1) is 0 Å². The number of halogens is 2. The summed E-state index contributed by atoms with van der Waals surface area (Å²) in [6, 6.07) is 12.8. The van der Waals surface area contributed by atoms with Crippen molar-refractivity contribution in [2.24, 2.45) is 0 Å². The number of aliphatic hydroxyl groups is 1. The van der Waals surface area contributed by atoms with Crippen LogP contribution in [0.3, 0.4) is 0 Å². The molecule has 0 bridgehead atoms. The quantitative estimate of drug-likeness (QED) is 0.749. The van der Waals surface area contributed by atoms with Crippen LogP contribution >= 0.6 is 23.2 Å². The van der Waals surface area contributed by atoms with E-state index in [1.807, 2.05) is 24.3 Å². The zero-order chi connectivity index (χ0) is 14.1. The first-order valence-electron chi connectivity index (χ1n) is 6.12. The highest BCUT2D eigenvalue weighted by molar-refractivity contribution is 6.35. The second-order valence-corrected chi connectivity index (χ2v) is 5.36. The van der Waals surface area contributed by atoms with Gasteiger partial charge in [-0.1, -0.05) is 47.5 Å². The summed E-state index contributed by atoms with van der Waals surface area (Å²) < 4.78 is 0. The largest absolute Gasteiger partial charge is 0.384 e. The van der Waals surface area contributed by atoms with E-state index >= 15 is 0 Å². The van der Waals surface area contributed by atoms with Crippen molar-refractivity contribution in [1.82, 2.24) is 4.98 Å². The minimum absolute atomic E-state index is 0.450. The van der Waals surface area contributed by atoms with Crippen molar-refractivity contribution >= 4 is 34.0 Å². The highest BCUT2D eigenvalue weighted by atomic mass is 35.5. The number of aliphatic hydroxyl groups excluding tert-OH is 1. The van der Waals surface area contributed by atoms with E-state index in [9.17, 15) is 5.11 Å². The molecule has 1 N–H and O–H groups in total. The molecule has 0 spiro atoms. The molecule has 1 unspecified atom stereocenters. The van der Waals surface area contributed by atoms with E-state index < -0.39 is 6.10 Å². The first-order valence-corrected chi connectivity index (χ1v) is 6.88. The van der Waals surface area contributed by atoms with Crippen LogP contribution in [0.1, 0.15) is 17.2 Å². The van der Waals surface area contributed by atoms with Gasteiger partial charge in [-0.3, -0.25) is 4.98 Å². The fourth-order valence-corrected chi connectivity index (χ4v) is 2.78. The van der Waals surface area contributed by atoms with Crippen molar-refractivity contribution in [3.63, 3.8) is 0 Å². The van der Waals surface area contributed by atoms with Gasteiger partial charge in [0, 0.05) is 33.4 Å². The Morgan fingerprint density at radius 1 is 1.00 bits per heavy atom. The normalized spacial score (nSPS) is 12.6. The molecule has 0 aliphatic rings. The number of benzene rings is 2. The average Bonchev–Trinajstić information content (AvgIpc) is 2.46. The maximum Gasteiger partial charge on any atom is 0.106 e. The van der Waals surface area contributed by atoms with Gasteiger partial charge in [-0.2, -0.15) is 0 Å². The van der Waals surface area contributed by atoms with Gasteiger partial charge in [0.15, 0.2) is 0 Å². The molecular weight excluding hydrogens is 293 g/mol. The van der Waals surface area contributed by atoms with Gasteiger partial charge in [-0.15, -0.1) is 0 Å². The third-order valence-electron chi connectivity index (χ3n) is 3.27. The lowest BCUT2D eigenvalue weighted by atomic mass is 9.97. The Bertz CT molecular complexity index is 768. The van der Waals surface area contributed by atoms with E-state index in [4.69, 9.17) is 23.2 Å². The average molecular weight is 304 g/mol. The smallest absolute Gasteiger partial charge is 0.106 e. The van der Waals surface area contributed by atoms with E-state index in [2.05, 4.69) is 4.98 Å². The molecule has 4 heteroatoms. The van der Waals surface area contributed by atoms with Crippen LogP contribution in [-0.4, -0.2) is 10.1 Å². The Kier molecular flexibility index (Phi) is 3.62. The van der Waals surface area contributed by atoms with Gasteiger partial charge in [0.05, 0.1) is 0 Å². The van der Waals surface area contributed by atoms with Gasteiger partial charge in [-0.05, 0) is 29.1 Å². The number of rotatable bonds is 2. The van der Waals surface area contributed by atoms with Crippen molar-refractivity contribution < 1.29 is 5.11 Å². The molecular formula is C16H11Cl2NO. The SMILES string of the molecule is OC(c1ccc(Cl)cc1Cl)c1cccc2ccncc12. The first-order chi connectivity index (χ1) is 9.66. The summed E-state index contributed by atoms with van der Waals surface area (Å²) in [5.74, 6) is 0. The van der Waals surface area contributed by atoms with Crippen molar-refractivity contribution in [3.8, 4) is 0 Å². The standard InChI is InChI=1S/C16H11Cl2NO/c17-11-4-5-13(15(18)8-11)16(20)12-3-1-2-10-6-7-19-9-14(10)12/h1-9,16,20H. The number of fused-ring (bicyclic) bond motifs is 1. The lowest BCUT2D eigenvalue weighted by Gasteiger charge is -2.15. The molecule has 20 heavy (non-hydrogen) atoms. The molecule has 0 aliphatic heterocycles. The minimum Gasteiger partial charge on any atom is -0.384 e. The summed E-state index contributed by atoms with van der Waals surface area (Å²) in [6.07, 6.45) is 2.67. The predicted octanol–water partition coefficient (Wildman–Crippen LogP) is 4.62. The number of nitrogens with zero attached hydrogens (tertiary/aromatic N) is 1. The number of hydrogen-bond donors (Lipinski definition) is 1. The van der Waals surface area contributed by atoms with Crippen LogP contribution in [-0.2, 0) is 0 Å². The zero-order valence-electron chi connectivity index (χ0n) is 10.4. The summed E-state index contributed by atoms with van der Waals surface area (Å²) in [6.45, 7) is 0. The lowest BCUT2D eigenvalue weighted by Crippen LogP contribution is -2.01. The van der Waals surface area contributed by atoms with Crippen LogP contribution < -0.4 is 0 Å². The fraction of sp³-hybridized carbons (Fsp3) is 0.0625. The van der Waals surface area contributed by atoms with Crippen LogP contribution in [0.2, 0.25) is 10.0 Å². The molecule has 2 aromatic carbocycles. The van der Waals surface area contributed by atoms with Crippen LogP contribution in [0.4, 0.5) is 0 Å². The highest BCUT2D eigenvalue weighted by Gasteiger charge is 2.16. The Balaban J connectivity index is 2.15. The third kappa shape index (κ3) is 2.38. The van der Waals surface area contributed by atoms with E-state index in [1.165, 1.54) is 0 Å². The van der Waals surface area contributed by atoms with Gasteiger partial charge in [0.1, 0.15) is 6.10 Å². The van der Waals surface area contributed by atoms with E-state index in [0.717, 1.165) is 16.3 Å². The van der Waals surface area contributed by atoms with Gasteiger partial charge in [0.25, 0.3) is 0 Å². The lowest BCUT2D eigenvalue weighted by molar-refractivity contribution is 0.222. The predicted molar refractivity (Wildman–Crippen MR) is 82.3 cm³/mol. The molecule has 2 nitrogen and oxygen atoms in total. The zero-order valence-corrected chi connectivity index (χ0v) is 11.9. The molecule has 0 saturated heterocycles. The number of hydrogen-bond acceptors (Lipinski definition) is 2. The summed E-state index contributed by atoms with van der Waals surface area (Å²) in [4.78, 5) is 4.12. The molecule has 3 aromatic rings. The Hall–Kier alpha value is -1.61. The van der Waals surface area contributed by atoms with E-state index in [1.54, 1.807) is 30.6 Å². The summed E-state index contributed by atoms with van der Waals surface area (Å²) in [5.41, 5.74) is 1.41. The van der Waals surface area contributed by atoms with Crippen molar-refractivity contribution in [2.75, 3.05) is 0 Å². The summed E-state index contributed by atoms with van der Waals surface area (Å²) in [7, 11) is 0. The molecule has 1 heterocycles. The molecule has 0 aliphatic carbocycles. The van der Waals surface area contributed by atoms with E-state index in [0.29, 0.717) is 15.6 Å². The second-order valence-electron chi connectivity index (χ2n) is 4.51. The molecule has 100 valence electrons. The first kappa shape index (κ1) is 13.4. The maximum atomic E-state index is 10.6. The molecule has 3 rings (SSSR count). The van der Waals surface area contributed by atoms with E-state index in [-0.39, 0.29) is 0 Å². The maximum absolute atomic E-state index is 10.6. The number of pyridine rings is 1. The monoisotopic (exact) mass is 303 g/mol. The van der Waals surface area contributed by atoms with Crippen molar-refractivity contribution in [1.29, 1.82) is 0 Å². The van der Waals surface area contributed by atoms with Gasteiger partial charge in [-0.25, -0.2) is 0 Å². The minimum atomic E-state index is -0.812. The second kappa shape index (κ2) is 5.41. The fourth-order valence-electron chi connectivity index (χ4n) is 2.27. The Labute approximate surface area is 126 Å². The molecule has 1 atom stereocenters.